The second-order valence-corrected chi connectivity index (χ2v) is 8.23. The Morgan fingerprint density at radius 1 is 0.720 bits per heavy atom. The van der Waals surface area contributed by atoms with Gasteiger partial charge in [-0.15, -0.1) is 0 Å². The maximum Gasteiger partial charge on any atom is 0.174 e. The number of para-hydroxylation sites is 1. The molecule has 0 aliphatic rings. The van der Waals surface area contributed by atoms with Gasteiger partial charge in [-0.05, 0) is 60.7 Å². The van der Waals surface area contributed by atoms with Crippen molar-refractivity contribution >= 4 is 23.1 Å². The van der Waals surface area contributed by atoms with E-state index in [0.29, 0.717) is 27.4 Å². The molecule has 0 spiro atoms. The number of aromatic hydroxyl groups is 1. The van der Waals surface area contributed by atoms with Crippen molar-refractivity contribution in [2.75, 3.05) is 14.2 Å². The minimum absolute atomic E-state index is 0.0115. The van der Waals surface area contributed by atoms with Gasteiger partial charge in [-0.25, -0.2) is 0 Å². The molecule has 0 radical (unpaired) electrons. The van der Waals surface area contributed by atoms with Gasteiger partial charge in [0, 0.05) is 10.6 Å². The molecule has 0 aromatic heterocycles. The molecular weight excluding hydrogens is 335 g/mol. The van der Waals surface area contributed by atoms with Crippen molar-refractivity contribution in [2.24, 2.45) is 0 Å². The molecule has 1 N–H and O–H groups in total. The summed E-state index contributed by atoms with van der Waals surface area (Å²) in [6, 6.07) is 20.9. The molecule has 25 heavy (non-hydrogen) atoms. The summed E-state index contributed by atoms with van der Waals surface area (Å²) < 4.78 is 24.6. The minimum atomic E-state index is -3.24. The molecule has 0 heterocycles. The van der Waals surface area contributed by atoms with Crippen LogP contribution in [0.2, 0.25) is 0 Å². The van der Waals surface area contributed by atoms with Crippen LogP contribution in [0.4, 0.5) is 0 Å². The van der Waals surface area contributed by atoms with Crippen molar-refractivity contribution in [3.8, 4) is 17.2 Å². The lowest BCUT2D eigenvalue weighted by molar-refractivity contribution is 0.415. The Morgan fingerprint density at radius 3 is 1.56 bits per heavy atom. The Kier molecular flexibility index (Phi) is 4.82. The van der Waals surface area contributed by atoms with Crippen molar-refractivity contribution < 1.29 is 19.1 Å². The van der Waals surface area contributed by atoms with Crippen molar-refractivity contribution in [3.05, 3.63) is 72.8 Å². The van der Waals surface area contributed by atoms with Crippen LogP contribution in [-0.2, 0) is 4.57 Å². The zero-order valence-corrected chi connectivity index (χ0v) is 14.9. The topological polar surface area (TPSA) is 55.8 Å². The Morgan fingerprint density at radius 2 is 1.16 bits per heavy atom. The summed E-state index contributed by atoms with van der Waals surface area (Å²) in [6.45, 7) is 0. The second-order valence-electron chi connectivity index (χ2n) is 5.49. The fourth-order valence-corrected chi connectivity index (χ4v) is 5.43. The smallest absolute Gasteiger partial charge is 0.174 e. The predicted molar refractivity (Wildman–Crippen MR) is 101 cm³/mol. The molecule has 0 amide bonds. The third-order valence-corrected chi connectivity index (χ3v) is 7.20. The van der Waals surface area contributed by atoms with Gasteiger partial charge in [-0.2, -0.15) is 0 Å². The molecule has 3 aromatic rings. The second kappa shape index (κ2) is 7.04. The summed E-state index contributed by atoms with van der Waals surface area (Å²) in [5, 5.41) is 12.0. The number of hydrogen-bond acceptors (Lipinski definition) is 4. The summed E-state index contributed by atoms with van der Waals surface area (Å²) in [7, 11) is -0.0670. The Hall–Kier alpha value is -2.71. The molecule has 3 aromatic carbocycles. The maximum atomic E-state index is 14.2. The van der Waals surface area contributed by atoms with E-state index in [2.05, 4.69) is 0 Å². The molecule has 0 fully saturated rings. The number of phenolic OH excluding ortho intramolecular Hbond substituents is 1. The molecule has 128 valence electrons. The molecule has 0 bridgehead atoms. The monoisotopic (exact) mass is 354 g/mol. The van der Waals surface area contributed by atoms with E-state index in [0.717, 1.165) is 0 Å². The third kappa shape index (κ3) is 3.13. The van der Waals surface area contributed by atoms with Gasteiger partial charge in [-0.3, -0.25) is 0 Å². The van der Waals surface area contributed by atoms with Gasteiger partial charge in [0.1, 0.15) is 17.2 Å². The van der Waals surface area contributed by atoms with E-state index in [1.54, 1.807) is 87.0 Å². The quantitative estimate of drug-likeness (QED) is 0.716. The lowest BCUT2D eigenvalue weighted by atomic mass is 10.3. The highest BCUT2D eigenvalue weighted by Gasteiger charge is 2.32. The molecule has 0 saturated heterocycles. The molecule has 0 aliphatic heterocycles. The number of hydrogen-bond donors (Lipinski definition) is 1. The van der Waals surface area contributed by atoms with Gasteiger partial charge < -0.3 is 19.1 Å². The van der Waals surface area contributed by atoms with E-state index in [4.69, 9.17) is 9.47 Å². The third-order valence-electron chi connectivity index (χ3n) is 4.09. The highest BCUT2D eigenvalue weighted by molar-refractivity contribution is 7.85. The van der Waals surface area contributed by atoms with Crippen LogP contribution < -0.4 is 25.4 Å². The van der Waals surface area contributed by atoms with Gasteiger partial charge >= 0.3 is 0 Å². The highest BCUT2D eigenvalue weighted by atomic mass is 31.2. The lowest BCUT2D eigenvalue weighted by Gasteiger charge is -2.21. The van der Waals surface area contributed by atoms with Crippen LogP contribution >= 0.6 is 7.14 Å². The highest BCUT2D eigenvalue weighted by Crippen LogP contribution is 2.45. The van der Waals surface area contributed by atoms with Gasteiger partial charge in [0.15, 0.2) is 7.14 Å². The summed E-state index contributed by atoms with van der Waals surface area (Å²) in [5.74, 6) is 1.38. The van der Waals surface area contributed by atoms with Crippen LogP contribution in [0.3, 0.4) is 0 Å². The predicted octanol–water partition coefficient (Wildman–Crippen LogP) is 3.05. The number of benzene rings is 3. The average Bonchev–Trinajstić information content (AvgIpc) is 2.68. The molecule has 0 aliphatic carbocycles. The lowest BCUT2D eigenvalue weighted by Crippen LogP contribution is -2.25. The Labute approximate surface area is 147 Å². The van der Waals surface area contributed by atoms with E-state index >= 15 is 0 Å². The number of methoxy groups -OCH3 is 2. The average molecular weight is 354 g/mol. The number of ether oxygens (including phenoxy) is 2. The molecule has 0 saturated carbocycles. The van der Waals surface area contributed by atoms with E-state index < -0.39 is 7.14 Å². The van der Waals surface area contributed by atoms with Crippen LogP contribution in [-0.4, -0.2) is 19.3 Å². The first-order valence-corrected chi connectivity index (χ1v) is 9.48. The van der Waals surface area contributed by atoms with Crippen LogP contribution in [0.1, 0.15) is 0 Å². The van der Waals surface area contributed by atoms with Gasteiger partial charge in [0.25, 0.3) is 0 Å². The van der Waals surface area contributed by atoms with Crippen molar-refractivity contribution in [1.29, 1.82) is 0 Å². The minimum Gasteiger partial charge on any atom is -0.507 e. The summed E-state index contributed by atoms with van der Waals surface area (Å²) in [6.07, 6.45) is 0. The van der Waals surface area contributed by atoms with Crippen LogP contribution in [0.5, 0.6) is 17.2 Å². The van der Waals surface area contributed by atoms with Crippen LogP contribution in [0.15, 0.2) is 72.8 Å². The van der Waals surface area contributed by atoms with Gasteiger partial charge in [0.05, 0.1) is 19.5 Å². The van der Waals surface area contributed by atoms with Crippen molar-refractivity contribution in [3.63, 3.8) is 0 Å². The fourth-order valence-electron chi connectivity index (χ4n) is 2.74. The Balaban J connectivity index is 2.23. The summed E-state index contributed by atoms with van der Waals surface area (Å²) in [4.78, 5) is 0. The molecule has 4 nitrogen and oxygen atoms in total. The fraction of sp³-hybridized carbons (Fsp3) is 0.100. The molecule has 0 unspecified atom stereocenters. The van der Waals surface area contributed by atoms with Gasteiger partial charge in [-0.1, -0.05) is 12.1 Å². The van der Waals surface area contributed by atoms with Crippen LogP contribution in [0.25, 0.3) is 0 Å². The summed E-state index contributed by atoms with van der Waals surface area (Å²) >= 11 is 0. The molecule has 5 heteroatoms. The molecule has 0 atom stereocenters. The SMILES string of the molecule is COc1ccc(P(=O)(c2ccc(OC)cc2)c2ccccc2O)cc1. The maximum absolute atomic E-state index is 14.2. The van der Waals surface area contributed by atoms with Crippen molar-refractivity contribution in [1.82, 2.24) is 0 Å². The van der Waals surface area contributed by atoms with E-state index in [-0.39, 0.29) is 5.75 Å². The van der Waals surface area contributed by atoms with Crippen LogP contribution in [0, 0.1) is 0 Å². The van der Waals surface area contributed by atoms with E-state index in [1.165, 1.54) is 0 Å². The van der Waals surface area contributed by atoms with E-state index in [9.17, 15) is 9.67 Å². The Bertz CT molecular complexity index is 850. The largest absolute Gasteiger partial charge is 0.507 e. The zero-order chi connectivity index (χ0) is 17.9. The first-order chi connectivity index (χ1) is 12.1. The summed E-state index contributed by atoms with van der Waals surface area (Å²) in [5.41, 5.74) is 0. The van der Waals surface area contributed by atoms with Gasteiger partial charge in [0.2, 0.25) is 0 Å². The number of phenols is 1. The zero-order valence-electron chi connectivity index (χ0n) is 14.0. The van der Waals surface area contributed by atoms with E-state index in [1.807, 2.05) is 0 Å². The van der Waals surface area contributed by atoms with Crippen molar-refractivity contribution in [2.45, 2.75) is 0 Å². The normalized spacial score (nSPS) is 11.1. The number of rotatable bonds is 5. The first-order valence-electron chi connectivity index (χ1n) is 7.77. The standard InChI is InChI=1S/C20H19O4P/c1-23-15-7-11-17(12-8-15)25(22,20-6-4-3-5-19(20)21)18-13-9-16(24-2)10-14-18/h3-14,21H,1-2H3. The molecule has 3 rings (SSSR count). The first kappa shape index (κ1) is 17.1. The molecular formula is C20H19O4P.